The molecule has 2 N–H and O–H groups in total. The number of benzene rings is 3. The Morgan fingerprint density at radius 3 is 2.49 bits per heavy atom. The van der Waals surface area contributed by atoms with Gasteiger partial charge in [-0.1, -0.05) is 29.8 Å². The maximum Gasteiger partial charge on any atom is 0.335 e. The SMILES string of the molecule is O=C1NC(=O)N(c2ccc(O)cc2)C(=O)/C1=C/c1ccc(OCc2cccc([N+](=O)[O-])c2)c(Cl)c1. The minimum atomic E-state index is -0.911. The fraction of sp³-hybridized carbons (Fsp3) is 0.0417. The Bertz CT molecular complexity index is 1390. The largest absolute Gasteiger partial charge is 0.508 e. The molecule has 1 aliphatic rings. The number of anilines is 1. The number of nitro groups is 1. The van der Waals surface area contributed by atoms with Crippen LogP contribution >= 0.6 is 11.6 Å². The van der Waals surface area contributed by atoms with Crippen molar-refractivity contribution in [2.45, 2.75) is 6.61 Å². The Morgan fingerprint density at radius 2 is 1.80 bits per heavy atom. The van der Waals surface area contributed by atoms with Crippen molar-refractivity contribution < 1.29 is 29.2 Å². The van der Waals surface area contributed by atoms with E-state index in [2.05, 4.69) is 5.32 Å². The quantitative estimate of drug-likeness (QED) is 0.227. The standard InChI is InChI=1S/C24H16ClN3O7/c25-20-12-14(4-9-21(20)35-13-15-2-1-3-17(10-15)28(33)34)11-19-22(30)26-24(32)27(23(19)31)16-5-7-18(29)8-6-16/h1-12,29H,13H2,(H,26,30,32)/b19-11+. The molecule has 35 heavy (non-hydrogen) atoms. The lowest BCUT2D eigenvalue weighted by Gasteiger charge is -2.26. The maximum absolute atomic E-state index is 12.9. The lowest BCUT2D eigenvalue weighted by atomic mass is 10.1. The molecule has 1 heterocycles. The van der Waals surface area contributed by atoms with E-state index in [-0.39, 0.29) is 34.3 Å². The number of hydrogen-bond acceptors (Lipinski definition) is 7. The van der Waals surface area contributed by atoms with Crippen molar-refractivity contribution >= 4 is 46.9 Å². The van der Waals surface area contributed by atoms with Crippen LogP contribution in [0.5, 0.6) is 11.5 Å². The van der Waals surface area contributed by atoms with Gasteiger partial charge in [-0.2, -0.15) is 0 Å². The highest BCUT2D eigenvalue weighted by Crippen LogP contribution is 2.29. The lowest BCUT2D eigenvalue weighted by Crippen LogP contribution is -2.54. The smallest absolute Gasteiger partial charge is 0.335 e. The number of phenols is 1. The van der Waals surface area contributed by atoms with Crippen molar-refractivity contribution in [3.05, 3.63) is 98.6 Å². The van der Waals surface area contributed by atoms with E-state index in [1.165, 1.54) is 54.6 Å². The number of aromatic hydroxyl groups is 1. The second-order valence-electron chi connectivity index (χ2n) is 7.38. The van der Waals surface area contributed by atoms with Gasteiger partial charge in [-0.3, -0.25) is 25.0 Å². The first-order chi connectivity index (χ1) is 16.7. The zero-order valence-corrected chi connectivity index (χ0v) is 18.6. The first-order valence-corrected chi connectivity index (χ1v) is 10.5. The van der Waals surface area contributed by atoms with E-state index >= 15 is 0 Å². The van der Waals surface area contributed by atoms with Crippen molar-refractivity contribution in [3.8, 4) is 11.5 Å². The lowest BCUT2D eigenvalue weighted by molar-refractivity contribution is -0.384. The summed E-state index contributed by atoms with van der Waals surface area (Å²) in [5.74, 6) is -1.46. The van der Waals surface area contributed by atoms with E-state index in [1.807, 2.05) is 0 Å². The van der Waals surface area contributed by atoms with Gasteiger partial charge in [-0.05, 0) is 53.6 Å². The van der Waals surface area contributed by atoms with Crippen LogP contribution in [-0.4, -0.2) is 27.9 Å². The average molecular weight is 494 g/mol. The number of carbonyl (C=O) groups excluding carboxylic acids is 3. The number of hydrogen-bond donors (Lipinski definition) is 2. The second kappa shape index (κ2) is 9.65. The van der Waals surface area contributed by atoms with Crippen molar-refractivity contribution in [1.82, 2.24) is 5.32 Å². The molecule has 3 aromatic rings. The summed E-state index contributed by atoms with van der Waals surface area (Å²) in [6, 6.07) is 15.0. The summed E-state index contributed by atoms with van der Waals surface area (Å²) in [5.41, 5.74) is 0.793. The van der Waals surface area contributed by atoms with Crippen molar-refractivity contribution in [3.63, 3.8) is 0 Å². The van der Waals surface area contributed by atoms with Crippen LogP contribution < -0.4 is 15.0 Å². The Morgan fingerprint density at radius 1 is 1.06 bits per heavy atom. The zero-order chi connectivity index (χ0) is 25.1. The Labute approximate surface area is 203 Å². The number of phenolic OH excluding ortho intramolecular Hbond substituents is 1. The molecule has 1 aliphatic heterocycles. The molecule has 0 aliphatic carbocycles. The van der Waals surface area contributed by atoms with Gasteiger partial charge in [0, 0.05) is 12.1 Å². The molecule has 1 fully saturated rings. The van der Waals surface area contributed by atoms with E-state index in [9.17, 15) is 29.6 Å². The highest BCUT2D eigenvalue weighted by atomic mass is 35.5. The number of carbonyl (C=O) groups is 3. The summed E-state index contributed by atoms with van der Waals surface area (Å²) >= 11 is 6.29. The number of nitrogens with one attached hydrogen (secondary N) is 1. The third-order valence-corrected chi connectivity index (χ3v) is 5.29. The molecule has 3 aromatic carbocycles. The summed E-state index contributed by atoms with van der Waals surface area (Å²) < 4.78 is 5.65. The summed E-state index contributed by atoms with van der Waals surface area (Å²) in [4.78, 5) is 48.7. The first-order valence-electron chi connectivity index (χ1n) is 10.1. The first kappa shape index (κ1) is 23.5. The molecule has 11 heteroatoms. The van der Waals surface area contributed by atoms with Gasteiger partial charge in [0.05, 0.1) is 15.6 Å². The minimum Gasteiger partial charge on any atom is -0.508 e. The molecule has 0 bridgehead atoms. The Hall–Kier alpha value is -4.70. The van der Waals surface area contributed by atoms with Crippen LogP contribution in [0.4, 0.5) is 16.2 Å². The van der Waals surface area contributed by atoms with Crippen LogP contribution in [0.15, 0.2) is 72.3 Å². The monoisotopic (exact) mass is 493 g/mol. The van der Waals surface area contributed by atoms with Gasteiger partial charge in [0.25, 0.3) is 17.5 Å². The number of ether oxygens (including phenoxy) is 1. The number of urea groups is 1. The number of nitro benzene ring substituents is 1. The highest BCUT2D eigenvalue weighted by Gasteiger charge is 2.36. The van der Waals surface area contributed by atoms with Gasteiger partial charge < -0.3 is 9.84 Å². The molecular weight excluding hydrogens is 478 g/mol. The summed E-state index contributed by atoms with van der Waals surface area (Å²) in [6.07, 6.45) is 1.29. The van der Waals surface area contributed by atoms with Crippen LogP contribution in [0.3, 0.4) is 0 Å². The van der Waals surface area contributed by atoms with Gasteiger partial charge in [-0.25, -0.2) is 9.69 Å². The number of imide groups is 2. The van der Waals surface area contributed by atoms with Gasteiger partial charge in [-0.15, -0.1) is 0 Å². The van der Waals surface area contributed by atoms with Crippen molar-refractivity contribution in [1.29, 1.82) is 0 Å². The summed E-state index contributed by atoms with van der Waals surface area (Å²) in [6.45, 7) is 0.0342. The summed E-state index contributed by atoms with van der Waals surface area (Å²) in [7, 11) is 0. The molecule has 4 amide bonds. The molecule has 0 radical (unpaired) electrons. The highest BCUT2D eigenvalue weighted by molar-refractivity contribution is 6.39. The maximum atomic E-state index is 12.9. The van der Waals surface area contributed by atoms with Crippen LogP contribution in [0.1, 0.15) is 11.1 Å². The molecule has 0 aromatic heterocycles. The normalized spacial score (nSPS) is 14.7. The third-order valence-electron chi connectivity index (χ3n) is 4.99. The molecule has 0 saturated carbocycles. The van der Waals surface area contributed by atoms with E-state index in [0.29, 0.717) is 16.9 Å². The zero-order valence-electron chi connectivity index (χ0n) is 17.8. The number of rotatable bonds is 6. The van der Waals surface area contributed by atoms with Crippen molar-refractivity contribution in [2.24, 2.45) is 0 Å². The van der Waals surface area contributed by atoms with E-state index in [0.717, 1.165) is 4.90 Å². The number of nitrogens with zero attached hydrogens (tertiary/aromatic N) is 2. The van der Waals surface area contributed by atoms with E-state index in [4.69, 9.17) is 16.3 Å². The second-order valence-corrected chi connectivity index (χ2v) is 7.79. The molecule has 0 atom stereocenters. The molecule has 0 spiro atoms. The Kier molecular flexibility index (Phi) is 6.47. The molecule has 1 saturated heterocycles. The fourth-order valence-electron chi connectivity index (χ4n) is 3.31. The minimum absolute atomic E-state index is 0.0342. The summed E-state index contributed by atoms with van der Waals surface area (Å²) in [5, 5.41) is 22.6. The average Bonchev–Trinajstić information content (AvgIpc) is 2.82. The third kappa shape index (κ3) is 5.12. The molecule has 176 valence electrons. The van der Waals surface area contributed by atoms with Crippen LogP contribution in [-0.2, 0) is 16.2 Å². The van der Waals surface area contributed by atoms with Crippen LogP contribution in [0, 0.1) is 10.1 Å². The van der Waals surface area contributed by atoms with E-state index < -0.39 is 22.8 Å². The van der Waals surface area contributed by atoms with Crippen LogP contribution in [0.2, 0.25) is 5.02 Å². The molecule has 0 unspecified atom stereocenters. The molecular formula is C24H16ClN3O7. The van der Waals surface area contributed by atoms with Gasteiger partial charge in [0.15, 0.2) is 0 Å². The van der Waals surface area contributed by atoms with Crippen molar-refractivity contribution in [2.75, 3.05) is 4.90 Å². The number of halogens is 1. The van der Waals surface area contributed by atoms with Gasteiger partial charge in [0.2, 0.25) is 0 Å². The van der Waals surface area contributed by atoms with E-state index in [1.54, 1.807) is 18.2 Å². The Balaban J connectivity index is 1.54. The fourth-order valence-corrected chi connectivity index (χ4v) is 3.55. The predicted octanol–water partition coefficient (Wildman–Crippen LogP) is 4.20. The number of barbiturate groups is 1. The predicted molar refractivity (Wildman–Crippen MR) is 126 cm³/mol. The van der Waals surface area contributed by atoms with Gasteiger partial charge >= 0.3 is 6.03 Å². The van der Waals surface area contributed by atoms with Crippen LogP contribution in [0.25, 0.3) is 6.08 Å². The topological polar surface area (TPSA) is 139 Å². The van der Waals surface area contributed by atoms with Gasteiger partial charge in [0.1, 0.15) is 23.7 Å². The number of amides is 4. The molecule has 4 rings (SSSR count). The number of non-ortho nitro benzene ring substituents is 1. The molecule has 10 nitrogen and oxygen atoms in total.